The molecule has 0 radical (unpaired) electrons. The van der Waals surface area contributed by atoms with E-state index in [4.69, 9.17) is 4.18 Å². The van der Waals surface area contributed by atoms with Crippen molar-refractivity contribution in [2.45, 2.75) is 18.7 Å². The van der Waals surface area contributed by atoms with E-state index in [-0.39, 0.29) is 5.75 Å². The van der Waals surface area contributed by atoms with E-state index in [0.29, 0.717) is 13.1 Å². The molecule has 1 aromatic carbocycles. The minimum atomic E-state index is -3.99. The minimum absolute atomic E-state index is 0.135. The Morgan fingerprint density at radius 2 is 1.86 bits per heavy atom. The molecule has 0 bridgehead atoms. The third-order valence-corrected chi connectivity index (χ3v) is 5.37. The average Bonchev–Trinajstić information content (AvgIpc) is 2.43. The van der Waals surface area contributed by atoms with Crippen molar-refractivity contribution in [3.63, 3.8) is 0 Å². The van der Waals surface area contributed by atoms with Crippen LogP contribution in [0.1, 0.15) is 13.8 Å². The normalized spacial score (nSPS) is 13.3. The van der Waals surface area contributed by atoms with Gasteiger partial charge in [-0.3, -0.25) is 0 Å². The zero-order valence-corrected chi connectivity index (χ0v) is 13.5. The van der Waals surface area contributed by atoms with E-state index < -0.39 is 37.7 Å². The van der Waals surface area contributed by atoms with Crippen LogP contribution in [0.4, 0.5) is 0 Å². The van der Waals surface area contributed by atoms with Crippen LogP contribution in [0.5, 0.6) is 17.2 Å². The summed E-state index contributed by atoms with van der Waals surface area (Å²) in [5.74, 6) is -1.62. The number of sulfonamides is 1. The Morgan fingerprint density at radius 3 is 2.33 bits per heavy atom. The van der Waals surface area contributed by atoms with Crippen molar-refractivity contribution < 1.29 is 27.0 Å². The predicted molar refractivity (Wildman–Crippen MR) is 77.7 cm³/mol. The van der Waals surface area contributed by atoms with Gasteiger partial charge >= 0.3 is 0 Å². The van der Waals surface area contributed by atoms with Gasteiger partial charge in [0.1, 0.15) is 10.6 Å². The second kappa shape index (κ2) is 7.07. The molecule has 0 amide bonds. The molecule has 21 heavy (non-hydrogen) atoms. The van der Waals surface area contributed by atoms with Gasteiger partial charge in [-0.25, -0.2) is 13.1 Å². The number of phenolic OH excluding ortho intramolecular Hbond substituents is 2. The molecule has 1 rings (SSSR count). The highest BCUT2D eigenvalue weighted by Gasteiger charge is 2.22. The van der Waals surface area contributed by atoms with Gasteiger partial charge in [-0.15, -0.1) is 0 Å². The summed E-state index contributed by atoms with van der Waals surface area (Å²) < 4.78 is 44.0. The van der Waals surface area contributed by atoms with Gasteiger partial charge < -0.3 is 14.4 Å². The smallest absolute Gasteiger partial charge is 0.290 e. The maximum Gasteiger partial charge on any atom is 0.290 e. The molecule has 0 spiro atoms. The first-order chi connectivity index (χ1) is 9.76. The zero-order valence-electron chi connectivity index (χ0n) is 11.9. The van der Waals surface area contributed by atoms with Gasteiger partial charge in [-0.05, 0) is 7.05 Å². The highest BCUT2D eigenvalue weighted by atomic mass is 32.2. The Bertz CT molecular complexity index is 628. The van der Waals surface area contributed by atoms with E-state index in [2.05, 4.69) is 0 Å². The number of aromatic hydroxyl groups is 2. The van der Waals surface area contributed by atoms with Crippen LogP contribution in [0.15, 0.2) is 17.0 Å². The van der Waals surface area contributed by atoms with Crippen LogP contribution in [0.3, 0.4) is 0 Å². The van der Waals surface area contributed by atoms with Crippen LogP contribution in [0, 0.1) is 0 Å². The summed E-state index contributed by atoms with van der Waals surface area (Å²) in [5.41, 5.74) is 0. The van der Waals surface area contributed by atoms with Gasteiger partial charge in [-0.2, -0.15) is 8.51 Å². The van der Waals surface area contributed by atoms with E-state index in [1.807, 2.05) is 4.72 Å². The predicted octanol–water partition coefficient (Wildman–Crippen LogP) is 0.305. The molecule has 8 nitrogen and oxygen atoms in total. The molecule has 120 valence electrons. The average molecular weight is 338 g/mol. The lowest BCUT2D eigenvalue weighted by Gasteiger charge is -2.17. The number of nitrogens with zero attached hydrogens (tertiary/aromatic N) is 1. The van der Waals surface area contributed by atoms with Crippen molar-refractivity contribution >= 4 is 21.3 Å². The number of hydrogen-bond acceptors (Lipinski definition) is 6. The van der Waals surface area contributed by atoms with Gasteiger partial charge in [0, 0.05) is 25.2 Å². The fourth-order valence-corrected chi connectivity index (χ4v) is 3.14. The lowest BCUT2D eigenvalue weighted by Crippen LogP contribution is -2.28. The van der Waals surface area contributed by atoms with Crippen molar-refractivity contribution in [2.24, 2.45) is 0 Å². The van der Waals surface area contributed by atoms with Crippen molar-refractivity contribution in [3.8, 4) is 17.2 Å². The van der Waals surface area contributed by atoms with Crippen LogP contribution < -0.4 is 8.91 Å². The second-order valence-electron chi connectivity index (χ2n) is 3.91. The summed E-state index contributed by atoms with van der Waals surface area (Å²) in [5, 5.41) is 19.2. The molecule has 10 heteroatoms. The molecule has 0 aromatic heterocycles. The Balaban J connectivity index is 3.20. The summed E-state index contributed by atoms with van der Waals surface area (Å²) in [4.78, 5) is -0.559. The Morgan fingerprint density at radius 1 is 1.29 bits per heavy atom. The maximum absolute atomic E-state index is 11.9. The SMILES string of the molecule is CCN(CC)S(=O)Oc1cc(O)c(O)c(S(=O)(=O)NC)c1. The fourth-order valence-electron chi connectivity index (χ4n) is 1.50. The van der Waals surface area contributed by atoms with Crippen LogP contribution in [-0.4, -0.2) is 47.3 Å². The van der Waals surface area contributed by atoms with Gasteiger partial charge in [0.2, 0.25) is 10.0 Å². The molecule has 0 fully saturated rings. The highest BCUT2D eigenvalue weighted by molar-refractivity contribution is 7.89. The van der Waals surface area contributed by atoms with Crippen molar-refractivity contribution in [3.05, 3.63) is 12.1 Å². The second-order valence-corrected chi connectivity index (χ2v) is 6.88. The number of phenols is 2. The summed E-state index contributed by atoms with van der Waals surface area (Å²) in [6.07, 6.45) is 0. The van der Waals surface area contributed by atoms with Gasteiger partial charge in [0.05, 0.1) is 0 Å². The number of nitrogens with one attached hydrogen (secondary N) is 1. The van der Waals surface area contributed by atoms with E-state index in [1.165, 1.54) is 4.31 Å². The van der Waals surface area contributed by atoms with Crippen molar-refractivity contribution in [1.29, 1.82) is 0 Å². The van der Waals surface area contributed by atoms with Crippen LogP contribution in [-0.2, 0) is 21.3 Å². The van der Waals surface area contributed by atoms with E-state index in [0.717, 1.165) is 19.2 Å². The van der Waals surface area contributed by atoms with E-state index >= 15 is 0 Å². The quantitative estimate of drug-likeness (QED) is 0.616. The van der Waals surface area contributed by atoms with Crippen LogP contribution >= 0.6 is 0 Å². The van der Waals surface area contributed by atoms with E-state index in [9.17, 15) is 22.8 Å². The van der Waals surface area contributed by atoms with Gasteiger partial charge in [0.25, 0.3) is 11.3 Å². The maximum atomic E-state index is 11.9. The monoisotopic (exact) mass is 338 g/mol. The molecule has 1 aromatic rings. The van der Waals surface area contributed by atoms with Crippen LogP contribution in [0.25, 0.3) is 0 Å². The number of benzene rings is 1. The topological polar surface area (TPSA) is 116 Å². The standard InChI is InChI=1S/C11H18N2O6S2/c1-4-13(5-2)20(16)19-8-6-9(14)11(15)10(7-8)21(17,18)12-3/h6-7,12,14-15H,4-5H2,1-3H3. The van der Waals surface area contributed by atoms with Crippen molar-refractivity contribution in [2.75, 3.05) is 20.1 Å². The number of rotatable bonds is 7. The molecule has 3 N–H and O–H groups in total. The number of hydrogen-bond donors (Lipinski definition) is 3. The summed E-state index contributed by atoms with van der Waals surface area (Å²) in [6, 6.07) is 1.98. The summed E-state index contributed by atoms with van der Waals surface area (Å²) in [7, 11) is -2.83. The third kappa shape index (κ3) is 4.06. The molecule has 0 aliphatic rings. The third-order valence-electron chi connectivity index (χ3n) is 2.67. The first-order valence-electron chi connectivity index (χ1n) is 6.11. The zero-order chi connectivity index (χ0) is 16.2. The highest BCUT2D eigenvalue weighted by Crippen LogP contribution is 2.36. The molecular formula is C11H18N2O6S2. The largest absolute Gasteiger partial charge is 0.504 e. The molecule has 0 saturated heterocycles. The Kier molecular flexibility index (Phi) is 5.96. The van der Waals surface area contributed by atoms with E-state index in [1.54, 1.807) is 13.8 Å². The lowest BCUT2D eigenvalue weighted by atomic mass is 10.3. The summed E-state index contributed by atoms with van der Waals surface area (Å²) >= 11 is -1.84. The molecule has 0 aliphatic heterocycles. The lowest BCUT2D eigenvalue weighted by molar-refractivity contribution is 0.387. The Hall–Kier alpha value is -1.36. The minimum Gasteiger partial charge on any atom is -0.504 e. The molecule has 0 heterocycles. The van der Waals surface area contributed by atoms with Crippen molar-refractivity contribution in [1.82, 2.24) is 9.03 Å². The first-order valence-corrected chi connectivity index (χ1v) is 8.63. The Labute approximate surface area is 126 Å². The van der Waals surface area contributed by atoms with Crippen LogP contribution in [0.2, 0.25) is 0 Å². The summed E-state index contributed by atoms with van der Waals surface area (Å²) in [6.45, 7) is 4.51. The van der Waals surface area contributed by atoms with Gasteiger partial charge in [-0.1, -0.05) is 13.8 Å². The fraction of sp³-hybridized carbons (Fsp3) is 0.455. The molecular weight excluding hydrogens is 320 g/mol. The van der Waals surface area contributed by atoms with Gasteiger partial charge in [0.15, 0.2) is 11.5 Å². The first kappa shape index (κ1) is 17.7. The molecule has 1 unspecified atom stereocenters. The molecule has 1 atom stereocenters. The molecule has 0 aliphatic carbocycles. The molecule has 0 saturated carbocycles.